The predicted molar refractivity (Wildman–Crippen MR) is 83.7 cm³/mol. The molecule has 2 N–H and O–H groups in total. The average Bonchev–Trinajstić information content (AvgIpc) is 3.15. The standard InChI is InChI=1S/C17H22FN3/c1-10-5-6-11(9-13(10)18)14-15(19)21(12-7-8-12)16(20-14)17(2,3)4/h5-6,9,12H,7-8,19H2,1-4H3. The number of aryl methyl sites for hydroxylation is 1. The summed E-state index contributed by atoms with van der Waals surface area (Å²) >= 11 is 0. The van der Waals surface area contributed by atoms with Gasteiger partial charge < -0.3 is 10.3 Å². The summed E-state index contributed by atoms with van der Waals surface area (Å²) < 4.78 is 16.0. The number of anilines is 1. The molecule has 1 aromatic carbocycles. The third-order valence-corrected chi connectivity index (χ3v) is 3.98. The van der Waals surface area contributed by atoms with Crippen LogP contribution in [0.5, 0.6) is 0 Å². The maximum Gasteiger partial charge on any atom is 0.132 e. The van der Waals surface area contributed by atoms with Crippen LogP contribution in [0.15, 0.2) is 18.2 Å². The van der Waals surface area contributed by atoms with Gasteiger partial charge in [0.15, 0.2) is 0 Å². The van der Waals surface area contributed by atoms with Crippen LogP contribution in [-0.4, -0.2) is 9.55 Å². The second-order valence-corrected chi connectivity index (χ2v) is 6.98. The van der Waals surface area contributed by atoms with Gasteiger partial charge in [-0.15, -0.1) is 0 Å². The first-order valence-electron chi connectivity index (χ1n) is 7.43. The van der Waals surface area contributed by atoms with Crippen molar-refractivity contribution in [1.82, 2.24) is 9.55 Å². The molecule has 3 rings (SSSR count). The minimum atomic E-state index is -0.217. The zero-order valence-electron chi connectivity index (χ0n) is 13.1. The van der Waals surface area contributed by atoms with Crippen LogP contribution in [0.25, 0.3) is 11.3 Å². The first kappa shape index (κ1) is 14.1. The normalized spacial score (nSPS) is 15.5. The van der Waals surface area contributed by atoms with Gasteiger partial charge in [-0.1, -0.05) is 32.9 Å². The molecule has 0 spiro atoms. The van der Waals surface area contributed by atoms with Crippen molar-refractivity contribution in [3.63, 3.8) is 0 Å². The Hall–Kier alpha value is -1.84. The number of rotatable bonds is 2. The van der Waals surface area contributed by atoms with Crippen LogP contribution in [0.1, 0.15) is 51.0 Å². The van der Waals surface area contributed by atoms with Gasteiger partial charge in [0.25, 0.3) is 0 Å². The molecule has 112 valence electrons. The Morgan fingerprint density at radius 2 is 1.95 bits per heavy atom. The van der Waals surface area contributed by atoms with Gasteiger partial charge in [0, 0.05) is 17.0 Å². The van der Waals surface area contributed by atoms with E-state index in [0.717, 1.165) is 24.2 Å². The van der Waals surface area contributed by atoms with Gasteiger partial charge in [-0.2, -0.15) is 0 Å². The zero-order valence-corrected chi connectivity index (χ0v) is 13.1. The maximum atomic E-state index is 13.8. The van der Waals surface area contributed by atoms with Gasteiger partial charge in [-0.3, -0.25) is 0 Å². The minimum absolute atomic E-state index is 0.0851. The molecule has 2 aromatic rings. The summed E-state index contributed by atoms with van der Waals surface area (Å²) in [6, 6.07) is 5.64. The van der Waals surface area contributed by atoms with E-state index in [1.165, 1.54) is 6.07 Å². The number of nitrogen functional groups attached to an aromatic ring is 1. The summed E-state index contributed by atoms with van der Waals surface area (Å²) in [5, 5.41) is 0. The Morgan fingerprint density at radius 1 is 1.29 bits per heavy atom. The molecule has 3 nitrogen and oxygen atoms in total. The van der Waals surface area contributed by atoms with Crippen LogP contribution in [0.3, 0.4) is 0 Å². The zero-order chi connectivity index (χ0) is 15.4. The lowest BCUT2D eigenvalue weighted by Gasteiger charge is -2.20. The lowest BCUT2D eigenvalue weighted by molar-refractivity contribution is 0.504. The van der Waals surface area contributed by atoms with Crippen molar-refractivity contribution in [2.75, 3.05) is 5.73 Å². The van der Waals surface area contributed by atoms with E-state index in [-0.39, 0.29) is 11.2 Å². The lowest BCUT2D eigenvalue weighted by Crippen LogP contribution is -2.19. The molecule has 1 aliphatic carbocycles. The van der Waals surface area contributed by atoms with Crippen molar-refractivity contribution in [2.45, 2.75) is 52.0 Å². The van der Waals surface area contributed by atoms with Crippen LogP contribution < -0.4 is 5.73 Å². The van der Waals surface area contributed by atoms with E-state index < -0.39 is 0 Å². The molecular formula is C17H22FN3. The monoisotopic (exact) mass is 287 g/mol. The molecule has 1 saturated carbocycles. The molecule has 0 amide bonds. The second kappa shape index (κ2) is 4.58. The smallest absolute Gasteiger partial charge is 0.132 e. The summed E-state index contributed by atoms with van der Waals surface area (Å²) in [5.74, 6) is 1.43. The van der Waals surface area contributed by atoms with E-state index in [1.807, 2.05) is 6.07 Å². The van der Waals surface area contributed by atoms with Gasteiger partial charge in [0.2, 0.25) is 0 Å². The number of halogens is 1. The van der Waals surface area contributed by atoms with Crippen molar-refractivity contribution >= 4 is 5.82 Å². The van der Waals surface area contributed by atoms with Gasteiger partial charge in [0.05, 0.1) is 0 Å². The Morgan fingerprint density at radius 3 is 2.48 bits per heavy atom. The van der Waals surface area contributed by atoms with Crippen LogP contribution in [-0.2, 0) is 5.41 Å². The fraction of sp³-hybridized carbons (Fsp3) is 0.471. The highest BCUT2D eigenvalue weighted by atomic mass is 19.1. The fourth-order valence-electron chi connectivity index (χ4n) is 2.63. The Balaban J connectivity index is 2.17. The molecule has 21 heavy (non-hydrogen) atoms. The van der Waals surface area contributed by atoms with Crippen molar-refractivity contribution < 1.29 is 4.39 Å². The number of benzene rings is 1. The Kier molecular flexibility index (Phi) is 3.08. The first-order valence-corrected chi connectivity index (χ1v) is 7.43. The summed E-state index contributed by atoms with van der Waals surface area (Å²) in [5.41, 5.74) is 8.34. The average molecular weight is 287 g/mol. The summed E-state index contributed by atoms with van der Waals surface area (Å²) in [6.45, 7) is 8.15. The molecule has 1 aromatic heterocycles. The molecule has 0 aliphatic heterocycles. The Bertz CT molecular complexity index is 691. The third kappa shape index (κ3) is 2.43. The second-order valence-electron chi connectivity index (χ2n) is 6.98. The molecule has 0 atom stereocenters. The number of hydrogen-bond acceptors (Lipinski definition) is 2. The topological polar surface area (TPSA) is 43.8 Å². The van der Waals surface area contributed by atoms with Crippen molar-refractivity contribution in [3.05, 3.63) is 35.4 Å². The molecule has 0 unspecified atom stereocenters. The Labute approximate surface area is 125 Å². The third-order valence-electron chi connectivity index (χ3n) is 3.98. The highest BCUT2D eigenvalue weighted by molar-refractivity contribution is 5.72. The van der Waals surface area contributed by atoms with E-state index in [4.69, 9.17) is 10.7 Å². The van der Waals surface area contributed by atoms with Gasteiger partial charge in [-0.05, 0) is 31.4 Å². The summed E-state index contributed by atoms with van der Waals surface area (Å²) in [7, 11) is 0. The van der Waals surface area contributed by atoms with E-state index in [0.29, 0.717) is 23.1 Å². The predicted octanol–water partition coefficient (Wildman–Crippen LogP) is 4.21. The molecule has 0 bridgehead atoms. The summed E-state index contributed by atoms with van der Waals surface area (Å²) in [4.78, 5) is 4.75. The highest BCUT2D eigenvalue weighted by Gasteiger charge is 2.34. The van der Waals surface area contributed by atoms with E-state index in [1.54, 1.807) is 13.0 Å². The van der Waals surface area contributed by atoms with Crippen LogP contribution in [0, 0.1) is 12.7 Å². The molecule has 0 radical (unpaired) electrons. The van der Waals surface area contributed by atoms with Gasteiger partial charge >= 0.3 is 0 Å². The van der Waals surface area contributed by atoms with Crippen LogP contribution >= 0.6 is 0 Å². The molecular weight excluding hydrogens is 265 g/mol. The number of aromatic nitrogens is 2. The first-order chi connectivity index (χ1) is 9.79. The SMILES string of the molecule is Cc1ccc(-c2nc(C(C)(C)C)n(C3CC3)c2N)cc1F. The van der Waals surface area contributed by atoms with E-state index in [9.17, 15) is 4.39 Å². The van der Waals surface area contributed by atoms with Crippen molar-refractivity contribution in [2.24, 2.45) is 0 Å². The fourth-order valence-corrected chi connectivity index (χ4v) is 2.63. The minimum Gasteiger partial charge on any atom is -0.383 e. The van der Waals surface area contributed by atoms with Gasteiger partial charge in [0.1, 0.15) is 23.2 Å². The maximum absolute atomic E-state index is 13.8. The van der Waals surface area contributed by atoms with Crippen LogP contribution in [0.2, 0.25) is 0 Å². The quantitative estimate of drug-likeness (QED) is 0.899. The lowest BCUT2D eigenvalue weighted by atomic mass is 9.95. The molecule has 0 saturated heterocycles. The summed E-state index contributed by atoms with van der Waals surface area (Å²) in [6.07, 6.45) is 2.29. The number of imidazole rings is 1. The van der Waals surface area contributed by atoms with Crippen molar-refractivity contribution in [1.29, 1.82) is 0 Å². The van der Waals surface area contributed by atoms with Crippen molar-refractivity contribution in [3.8, 4) is 11.3 Å². The molecule has 1 heterocycles. The largest absolute Gasteiger partial charge is 0.383 e. The number of nitrogens with zero attached hydrogens (tertiary/aromatic N) is 2. The number of hydrogen-bond donors (Lipinski definition) is 1. The molecule has 4 heteroatoms. The molecule has 1 fully saturated rings. The van der Waals surface area contributed by atoms with E-state index >= 15 is 0 Å². The number of nitrogens with two attached hydrogens (primary N) is 1. The van der Waals surface area contributed by atoms with E-state index in [2.05, 4.69) is 25.3 Å². The van der Waals surface area contributed by atoms with Crippen LogP contribution in [0.4, 0.5) is 10.2 Å². The van der Waals surface area contributed by atoms with Gasteiger partial charge in [-0.25, -0.2) is 9.37 Å². The highest BCUT2D eigenvalue weighted by Crippen LogP contribution is 2.43. The molecule has 1 aliphatic rings.